The van der Waals surface area contributed by atoms with E-state index in [0.717, 1.165) is 0 Å². The molecule has 0 spiro atoms. The van der Waals surface area contributed by atoms with E-state index in [9.17, 15) is 35.1 Å². The predicted octanol–water partition coefficient (Wildman–Crippen LogP) is -0.482. The molecular formula is C21H23NO9. The molecule has 1 saturated heterocycles. The predicted molar refractivity (Wildman–Crippen MR) is 105 cm³/mol. The van der Waals surface area contributed by atoms with Gasteiger partial charge in [0.05, 0.1) is 24.2 Å². The molecular weight excluding hydrogens is 410 g/mol. The molecule has 0 aromatic heterocycles. The topological polar surface area (TPSA) is 166 Å². The molecule has 4 unspecified atom stereocenters. The lowest BCUT2D eigenvalue weighted by Crippen LogP contribution is -2.62. The molecule has 1 heterocycles. The van der Waals surface area contributed by atoms with Crippen molar-refractivity contribution >= 4 is 12.2 Å². The molecule has 6 N–H and O–H groups in total. The number of hydrogen-bond acceptors (Lipinski definition) is 9. The second-order valence-electron chi connectivity index (χ2n) is 7.05. The molecule has 166 valence electrons. The van der Waals surface area contributed by atoms with Gasteiger partial charge in [0.15, 0.2) is 18.9 Å². The van der Waals surface area contributed by atoms with Crippen LogP contribution in [-0.4, -0.2) is 69.1 Å². The second-order valence-corrected chi connectivity index (χ2v) is 7.05. The van der Waals surface area contributed by atoms with Crippen molar-refractivity contribution in [3.63, 3.8) is 0 Å². The first-order valence-corrected chi connectivity index (χ1v) is 9.46. The molecule has 0 aliphatic carbocycles. The number of aliphatic hydroxyl groups excluding tert-OH is 4. The number of carbonyl (C=O) groups excluding carboxylic acids is 2. The van der Waals surface area contributed by atoms with Gasteiger partial charge in [-0.25, -0.2) is 0 Å². The van der Waals surface area contributed by atoms with E-state index < -0.39 is 43.2 Å². The van der Waals surface area contributed by atoms with Crippen LogP contribution in [0.4, 0.5) is 0 Å². The van der Waals surface area contributed by atoms with Gasteiger partial charge in [-0.2, -0.15) is 0 Å². The van der Waals surface area contributed by atoms with E-state index in [0.29, 0.717) is 11.8 Å². The van der Waals surface area contributed by atoms with Crippen molar-refractivity contribution in [3.05, 3.63) is 59.2 Å². The highest BCUT2D eigenvalue weighted by molar-refractivity contribution is 5.94. The number of nitrogens with one attached hydrogen (secondary N) is 1. The van der Waals surface area contributed by atoms with E-state index in [4.69, 9.17) is 9.47 Å². The first-order valence-electron chi connectivity index (χ1n) is 9.46. The van der Waals surface area contributed by atoms with Crippen LogP contribution in [0.25, 0.3) is 0 Å². The van der Waals surface area contributed by atoms with Crippen molar-refractivity contribution in [2.45, 2.75) is 31.3 Å². The number of aliphatic hydroxyl groups is 4. The fourth-order valence-corrected chi connectivity index (χ4v) is 3.21. The maximum Gasteiger partial charge on any atom is 0.251 e. The van der Waals surface area contributed by atoms with E-state index >= 15 is 0 Å². The number of rotatable bonds is 7. The first-order chi connectivity index (χ1) is 14.8. The van der Waals surface area contributed by atoms with Gasteiger partial charge in [-0.3, -0.25) is 9.59 Å². The number of phenolic OH excluding ortho intramolecular Hbond substituents is 1. The zero-order chi connectivity index (χ0) is 22.5. The number of amides is 1. The Morgan fingerprint density at radius 3 is 2.45 bits per heavy atom. The molecule has 1 fully saturated rings. The van der Waals surface area contributed by atoms with Gasteiger partial charge in [-0.15, -0.1) is 0 Å². The molecule has 0 bridgehead atoms. The van der Waals surface area contributed by atoms with Gasteiger partial charge in [0.25, 0.3) is 5.91 Å². The molecule has 10 nitrogen and oxygen atoms in total. The SMILES string of the molecule is O=Cc1c(O)cccc1OCc1ccc(C(=O)NC2C(O)C(CO)C(O)O[C@@H]2O)cc1. The number of hydrogen-bond donors (Lipinski definition) is 6. The average Bonchev–Trinajstić information content (AvgIpc) is 2.75. The van der Waals surface area contributed by atoms with Crippen LogP contribution in [0.3, 0.4) is 0 Å². The number of aromatic hydroxyl groups is 1. The summed E-state index contributed by atoms with van der Waals surface area (Å²) in [6, 6.07) is 9.44. The normalized spacial score (nSPS) is 25.6. The summed E-state index contributed by atoms with van der Waals surface area (Å²) in [5.74, 6) is -1.66. The Balaban J connectivity index is 1.63. The van der Waals surface area contributed by atoms with Gasteiger partial charge < -0.3 is 40.3 Å². The van der Waals surface area contributed by atoms with Crippen molar-refractivity contribution in [3.8, 4) is 11.5 Å². The third kappa shape index (κ3) is 5.01. The minimum absolute atomic E-state index is 0.0385. The molecule has 1 aliphatic rings. The van der Waals surface area contributed by atoms with Crippen molar-refractivity contribution in [2.75, 3.05) is 6.61 Å². The summed E-state index contributed by atoms with van der Waals surface area (Å²) in [6.07, 6.45) is -4.14. The fraction of sp³-hybridized carbons (Fsp3) is 0.333. The van der Waals surface area contributed by atoms with Gasteiger partial charge in [0, 0.05) is 5.56 Å². The van der Waals surface area contributed by atoms with Gasteiger partial charge in [0.1, 0.15) is 24.1 Å². The van der Waals surface area contributed by atoms with E-state index in [-0.39, 0.29) is 29.2 Å². The molecule has 2 aromatic carbocycles. The Kier molecular flexibility index (Phi) is 7.21. The summed E-state index contributed by atoms with van der Waals surface area (Å²) in [5, 5.41) is 51.1. The Labute approximate surface area is 177 Å². The molecule has 1 amide bonds. The molecule has 31 heavy (non-hydrogen) atoms. The van der Waals surface area contributed by atoms with Crippen LogP contribution in [0.15, 0.2) is 42.5 Å². The lowest BCUT2D eigenvalue weighted by atomic mass is 9.92. The highest BCUT2D eigenvalue weighted by Gasteiger charge is 2.44. The van der Waals surface area contributed by atoms with Crippen molar-refractivity contribution < 1.29 is 44.6 Å². The second kappa shape index (κ2) is 9.86. The number of phenols is 1. The van der Waals surface area contributed by atoms with Crippen LogP contribution in [0.1, 0.15) is 26.3 Å². The maximum absolute atomic E-state index is 12.5. The third-order valence-electron chi connectivity index (χ3n) is 5.04. The van der Waals surface area contributed by atoms with Crippen LogP contribution in [0, 0.1) is 5.92 Å². The van der Waals surface area contributed by atoms with Crippen LogP contribution < -0.4 is 10.1 Å². The average molecular weight is 433 g/mol. The summed E-state index contributed by atoms with van der Waals surface area (Å²) >= 11 is 0. The number of aldehydes is 1. The number of ether oxygens (including phenoxy) is 2. The summed E-state index contributed by atoms with van der Waals surface area (Å²) in [7, 11) is 0. The highest BCUT2D eigenvalue weighted by atomic mass is 16.7. The molecule has 2 aromatic rings. The zero-order valence-electron chi connectivity index (χ0n) is 16.3. The van der Waals surface area contributed by atoms with Gasteiger partial charge in [-0.1, -0.05) is 18.2 Å². The van der Waals surface area contributed by atoms with E-state index in [1.54, 1.807) is 24.3 Å². The molecule has 0 saturated carbocycles. The van der Waals surface area contributed by atoms with Crippen LogP contribution in [-0.2, 0) is 11.3 Å². The molecule has 10 heteroatoms. The largest absolute Gasteiger partial charge is 0.507 e. The smallest absolute Gasteiger partial charge is 0.251 e. The third-order valence-corrected chi connectivity index (χ3v) is 5.04. The number of benzene rings is 2. The molecule has 5 atom stereocenters. The van der Waals surface area contributed by atoms with E-state index in [1.165, 1.54) is 18.2 Å². The first kappa shape index (κ1) is 22.7. The standard InChI is InChI=1S/C21H23NO9/c23-8-13-15(25)2-1-3-16(13)30-10-11-4-6-12(7-5-11)19(27)22-17-18(26)14(9-24)20(28)31-21(17)29/h1-8,14,17-18,20-21,24-26,28-29H,9-10H2,(H,22,27)/t14?,17?,18?,20?,21-/m0/s1. The summed E-state index contributed by atoms with van der Waals surface area (Å²) < 4.78 is 10.4. The number of carbonyl (C=O) groups is 2. The molecule has 1 aliphatic heterocycles. The summed E-state index contributed by atoms with van der Waals surface area (Å²) in [4.78, 5) is 23.6. The summed E-state index contributed by atoms with van der Waals surface area (Å²) in [5.41, 5.74) is 0.943. The van der Waals surface area contributed by atoms with Crippen LogP contribution in [0.2, 0.25) is 0 Å². The van der Waals surface area contributed by atoms with Crippen LogP contribution in [0.5, 0.6) is 11.5 Å². The maximum atomic E-state index is 12.5. The molecule has 0 radical (unpaired) electrons. The zero-order valence-corrected chi connectivity index (χ0v) is 16.3. The minimum Gasteiger partial charge on any atom is -0.507 e. The quantitative estimate of drug-likeness (QED) is 0.316. The highest BCUT2D eigenvalue weighted by Crippen LogP contribution is 2.26. The lowest BCUT2D eigenvalue weighted by Gasteiger charge is -2.40. The van der Waals surface area contributed by atoms with Gasteiger partial charge in [0.2, 0.25) is 0 Å². The minimum atomic E-state index is -1.65. The van der Waals surface area contributed by atoms with Crippen molar-refractivity contribution in [1.82, 2.24) is 5.32 Å². The van der Waals surface area contributed by atoms with Gasteiger partial charge >= 0.3 is 0 Å². The van der Waals surface area contributed by atoms with E-state index in [1.807, 2.05) is 0 Å². The lowest BCUT2D eigenvalue weighted by molar-refractivity contribution is -0.293. The van der Waals surface area contributed by atoms with Gasteiger partial charge in [-0.05, 0) is 29.8 Å². The monoisotopic (exact) mass is 433 g/mol. The Morgan fingerprint density at radius 1 is 1.10 bits per heavy atom. The summed E-state index contributed by atoms with van der Waals surface area (Å²) in [6.45, 7) is -0.517. The Morgan fingerprint density at radius 2 is 1.81 bits per heavy atom. The Bertz CT molecular complexity index is 918. The van der Waals surface area contributed by atoms with E-state index in [2.05, 4.69) is 5.32 Å². The fourth-order valence-electron chi connectivity index (χ4n) is 3.21. The van der Waals surface area contributed by atoms with Crippen molar-refractivity contribution in [1.29, 1.82) is 0 Å². The van der Waals surface area contributed by atoms with Crippen molar-refractivity contribution in [2.24, 2.45) is 5.92 Å². The molecule has 3 rings (SSSR count). The van der Waals surface area contributed by atoms with Crippen LogP contribution >= 0.6 is 0 Å². The Hall–Kier alpha value is -3.02.